The van der Waals surface area contributed by atoms with Gasteiger partial charge in [-0.3, -0.25) is 9.78 Å². The molecule has 1 rings (SSSR count). The van der Waals surface area contributed by atoms with E-state index in [1.54, 1.807) is 12.1 Å². The molecule has 0 aliphatic heterocycles. The third-order valence-corrected chi connectivity index (χ3v) is 1.84. The molecule has 4 heteroatoms. The highest BCUT2D eigenvalue weighted by Gasteiger charge is 2.18. The monoisotopic (exact) mass is 195 g/mol. The number of ether oxygens (including phenoxy) is 2. The van der Waals surface area contributed by atoms with Crippen LogP contribution in [-0.2, 0) is 9.47 Å². The molecule has 14 heavy (non-hydrogen) atoms. The van der Waals surface area contributed by atoms with E-state index in [0.717, 1.165) is 5.69 Å². The lowest BCUT2D eigenvalue weighted by Crippen LogP contribution is -2.25. The number of hydrogen-bond acceptors (Lipinski definition) is 4. The fourth-order valence-corrected chi connectivity index (χ4v) is 1.06. The van der Waals surface area contributed by atoms with Crippen LogP contribution >= 0.6 is 0 Å². The van der Waals surface area contributed by atoms with Crippen molar-refractivity contribution in [3.05, 3.63) is 29.6 Å². The van der Waals surface area contributed by atoms with Gasteiger partial charge in [-0.05, 0) is 19.1 Å². The molecule has 0 saturated carbocycles. The number of hydrogen-bond donors (Lipinski definition) is 0. The number of carbonyl (C=O) groups excluding carboxylic acids is 1. The maximum Gasteiger partial charge on any atom is 0.222 e. The van der Waals surface area contributed by atoms with Gasteiger partial charge in [0.05, 0.1) is 0 Å². The van der Waals surface area contributed by atoms with Crippen LogP contribution < -0.4 is 0 Å². The van der Waals surface area contributed by atoms with Crippen LogP contribution in [0, 0.1) is 6.92 Å². The Labute approximate surface area is 82.9 Å². The SMILES string of the molecule is COC(OC)C(=O)c1ccc(C)nc1. The molecule has 1 aromatic heterocycles. The van der Waals surface area contributed by atoms with Crippen molar-refractivity contribution in [3.8, 4) is 0 Å². The molecule has 4 nitrogen and oxygen atoms in total. The molecular weight excluding hydrogens is 182 g/mol. The van der Waals surface area contributed by atoms with Crippen molar-refractivity contribution in [2.24, 2.45) is 0 Å². The Morgan fingerprint density at radius 1 is 1.36 bits per heavy atom. The van der Waals surface area contributed by atoms with E-state index < -0.39 is 6.29 Å². The van der Waals surface area contributed by atoms with Gasteiger partial charge in [-0.2, -0.15) is 0 Å². The van der Waals surface area contributed by atoms with Gasteiger partial charge in [0, 0.05) is 31.7 Å². The molecule has 1 aromatic rings. The summed E-state index contributed by atoms with van der Waals surface area (Å²) in [5.74, 6) is -0.220. The normalized spacial score (nSPS) is 10.6. The molecule has 0 N–H and O–H groups in total. The zero-order valence-electron chi connectivity index (χ0n) is 8.48. The Bertz CT molecular complexity index is 304. The first-order valence-electron chi connectivity index (χ1n) is 4.21. The highest BCUT2D eigenvalue weighted by Crippen LogP contribution is 2.06. The summed E-state index contributed by atoms with van der Waals surface area (Å²) in [6.45, 7) is 1.86. The lowest BCUT2D eigenvalue weighted by atomic mass is 10.2. The largest absolute Gasteiger partial charge is 0.349 e. The Kier molecular flexibility index (Phi) is 3.73. The highest BCUT2D eigenvalue weighted by atomic mass is 16.7. The van der Waals surface area contributed by atoms with Crippen molar-refractivity contribution in [3.63, 3.8) is 0 Å². The highest BCUT2D eigenvalue weighted by molar-refractivity contribution is 5.98. The first-order chi connectivity index (χ1) is 6.69. The van der Waals surface area contributed by atoms with Gasteiger partial charge in [-0.1, -0.05) is 0 Å². The number of carbonyl (C=O) groups is 1. The third-order valence-electron chi connectivity index (χ3n) is 1.84. The molecule has 0 unspecified atom stereocenters. The number of aromatic nitrogens is 1. The molecule has 0 aliphatic rings. The maximum atomic E-state index is 11.6. The van der Waals surface area contributed by atoms with E-state index in [4.69, 9.17) is 9.47 Å². The van der Waals surface area contributed by atoms with E-state index in [0.29, 0.717) is 5.56 Å². The van der Waals surface area contributed by atoms with Crippen LogP contribution in [0.1, 0.15) is 16.1 Å². The van der Waals surface area contributed by atoms with E-state index in [1.807, 2.05) is 6.92 Å². The van der Waals surface area contributed by atoms with E-state index in [9.17, 15) is 4.79 Å². The van der Waals surface area contributed by atoms with Gasteiger partial charge in [0.2, 0.25) is 12.1 Å². The summed E-state index contributed by atoms with van der Waals surface area (Å²) < 4.78 is 9.69. The van der Waals surface area contributed by atoms with Crippen LogP contribution in [0.4, 0.5) is 0 Å². The second-order valence-electron chi connectivity index (χ2n) is 2.86. The van der Waals surface area contributed by atoms with E-state index in [2.05, 4.69) is 4.98 Å². The molecule has 0 spiro atoms. The van der Waals surface area contributed by atoms with E-state index >= 15 is 0 Å². The van der Waals surface area contributed by atoms with Crippen LogP contribution in [0.5, 0.6) is 0 Å². The topological polar surface area (TPSA) is 48.4 Å². The molecular formula is C10H13NO3. The smallest absolute Gasteiger partial charge is 0.222 e. The molecule has 0 atom stereocenters. The summed E-state index contributed by atoms with van der Waals surface area (Å²) in [6.07, 6.45) is 0.669. The summed E-state index contributed by atoms with van der Waals surface area (Å²) in [7, 11) is 2.85. The fraction of sp³-hybridized carbons (Fsp3) is 0.400. The quantitative estimate of drug-likeness (QED) is 0.535. The minimum atomic E-state index is -0.848. The van der Waals surface area contributed by atoms with Crippen LogP contribution in [0.25, 0.3) is 0 Å². The molecule has 0 amide bonds. The molecule has 0 radical (unpaired) electrons. The Morgan fingerprint density at radius 2 is 2.00 bits per heavy atom. The number of ketones is 1. The zero-order valence-corrected chi connectivity index (χ0v) is 8.48. The number of aryl methyl sites for hydroxylation is 1. The lowest BCUT2D eigenvalue weighted by molar-refractivity contribution is -0.0742. The number of methoxy groups -OCH3 is 2. The van der Waals surface area contributed by atoms with Gasteiger partial charge in [0.15, 0.2) is 0 Å². The van der Waals surface area contributed by atoms with Crippen LogP contribution in [0.2, 0.25) is 0 Å². The van der Waals surface area contributed by atoms with Crippen molar-refractivity contribution in [2.45, 2.75) is 13.2 Å². The van der Waals surface area contributed by atoms with Gasteiger partial charge in [-0.25, -0.2) is 0 Å². The van der Waals surface area contributed by atoms with Crippen LogP contribution in [-0.4, -0.2) is 31.3 Å². The van der Waals surface area contributed by atoms with Crippen molar-refractivity contribution in [1.82, 2.24) is 4.98 Å². The van der Waals surface area contributed by atoms with Gasteiger partial charge >= 0.3 is 0 Å². The first-order valence-corrected chi connectivity index (χ1v) is 4.21. The lowest BCUT2D eigenvalue weighted by Gasteiger charge is -2.11. The van der Waals surface area contributed by atoms with Crippen molar-refractivity contribution in [2.75, 3.05) is 14.2 Å². The zero-order chi connectivity index (χ0) is 10.6. The van der Waals surface area contributed by atoms with Gasteiger partial charge in [-0.15, -0.1) is 0 Å². The molecule has 0 saturated heterocycles. The van der Waals surface area contributed by atoms with Gasteiger partial charge < -0.3 is 9.47 Å². The van der Waals surface area contributed by atoms with Crippen molar-refractivity contribution in [1.29, 1.82) is 0 Å². The predicted octanol–water partition coefficient (Wildman–Crippen LogP) is 1.19. The first kappa shape index (κ1) is 10.8. The summed E-state index contributed by atoms with van der Waals surface area (Å²) in [5.41, 5.74) is 1.36. The van der Waals surface area contributed by atoms with Crippen LogP contribution in [0.15, 0.2) is 18.3 Å². The van der Waals surface area contributed by atoms with Gasteiger partial charge in [0.25, 0.3) is 0 Å². The Hall–Kier alpha value is -1.26. The van der Waals surface area contributed by atoms with Gasteiger partial charge in [0.1, 0.15) is 0 Å². The summed E-state index contributed by atoms with van der Waals surface area (Å²) in [4.78, 5) is 15.6. The van der Waals surface area contributed by atoms with Crippen molar-refractivity contribution >= 4 is 5.78 Å². The van der Waals surface area contributed by atoms with E-state index in [-0.39, 0.29) is 5.78 Å². The number of Topliss-reactive ketones (excluding diaryl/α,β-unsaturated/α-hetero) is 1. The summed E-state index contributed by atoms with van der Waals surface area (Å²) in [5, 5.41) is 0. The second kappa shape index (κ2) is 4.83. The number of pyridine rings is 1. The fourth-order valence-electron chi connectivity index (χ4n) is 1.06. The maximum absolute atomic E-state index is 11.6. The molecule has 0 aliphatic carbocycles. The Balaban J connectivity index is 2.83. The van der Waals surface area contributed by atoms with E-state index in [1.165, 1.54) is 20.4 Å². The third kappa shape index (κ3) is 2.37. The number of nitrogens with zero attached hydrogens (tertiary/aromatic N) is 1. The average molecular weight is 195 g/mol. The summed E-state index contributed by atoms with van der Waals surface area (Å²) >= 11 is 0. The number of rotatable bonds is 4. The standard InChI is InChI=1S/C10H13NO3/c1-7-4-5-8(6-11-7)9(12)10(13-2)14-3/h4-6,10H,1-3H3. The summed E-state index contributed by atoms with van der Waals surface area (Å²) in [6, 6.07) is 3.48. The molecule has 0 fully saturated rings. The second-order valence-corrected chi connectivity index (χ2v) is 2.86. The molecule has 0 bridgehead atoms. The predicted molar refractivity (Wildman–Crippen MR) is 51.1 cm³/mol. The van der Waals surface area contributed by atoms with Crippen molar-refractivity contribution < 1.29 is 14.3 Å². The Morgan fingerprint density at radius 3 is 2.43 bits per heavy atom. The average Bonchev–Trinajstić information content (AvgIpc) is 2.20. The molecule has 1 heterocycles. The molecule has 0 aromatic carbocycles. The minimum Gasteiger partial charge on any atom is -0.349 e. The minimum absolute atomic E-state index is 0.220. The molecule has 76 valence electrons. The van der Waals surface area contributed by atoms with Crippen LogP contribution in [0.3, 0.4) is 0 Å².